The monoisotopic (exact) mass is 114 g/mol. The third-order valence-electron chi connectivity index (χ3n) is 1.06. The molecule has 1 atom stereocenters. The van der Waals surface area contributed by atoms with Crippen molar-refractivity contribution in [1.82, 2.24) is 0 Å². The lowest BCUT2D eigenvalue weighted by Crippen LogP contribution is -2.29. The number of ether oxygens (including phenoxy) is 1. The molecule has 0 aliphatic heterocycles. The van der Waals surface area contributed by atoms with Gasteiger partial charge in [-0.3, -0.25) is 0 Å². The lowest BCUT2D eigenvalue weighted by molar-refractivity contribution is 0.00818. The Balaban J connectivity index is 3.83. The van der Waals surface area contributed by atoms with Crippen LogP contribution in [0.5, 0.6) is 0 Å². The molecule has 2 nitrogen and oxygen atoms in total. The molecule has 0 radical (unpaired) electrons. The van der Waals surface area contributed by atoms with Crippen LogP contribution in [0.2, 0.25) is 0 Å². The van der Waals surface area contributed by atoms with E-state index in [4.69, 9.17) is 16.3 Å². The third-order valence-corrected chi connectivity index (χ3v) is 1.06. The van der Waals surface area contributed by atoms with Gasteiger partial charge in [-0.05, 0) is 6.92 Å². The first kappa shape index (κ1) is 7.48. The van der Waals surface area contributed by atoms with E-state index in [0.717, 1.165) is 0 Å². The van der Waals surface area contributed by atoms with E-state index in [9.17, 15) is 0 Å². The molecule has 0 aromatic heterocycles. The number of terminal acetylenes is 1. The molecule has 0 fully saturated rings. The summed E-state index contributed by atoms with van der Waals surface area (Å²) in [5.41, 5.74) is -0.792. The summed E-state index contributed by atoms with van der Waals surface area (Å²) in [5.74, 6) is 2.31. The Labute approximate surface area is 49.5 Å². The molecule has 0 aliphatic carbocycles. The fourth-order valence-electron chi connectivity index (χ4n) is 0.169. The first-order valence-electron chi connectivity index (χ1n) is 2.32. The van der Waals surface area contributed by atoms with Crippen LogP contribution in [-0.2, 0) is 4.74 Å². The van der Waals surface area contributed by atoms with Crippen molar-refractivity contribution < 1.29 is 9.84 Å². The predicted octanol–water partition coefficient (Wildman–Crippen LogP) is 0.0170. The first-order chi connectivity index (χ1) is 3.68. The van der Waals surface area contributed by atoms with Gasteiger partial charge in [-0.2, -0.15) is 0 Å². The maximum atomic E-state index is 8.52. The van der Waals surface area contributed by atoms with Crippen molar-refractivity contribution in [1.29, 1.82) is 0 Å². The molecular formula is C6H10O2. The Morgan fingerprint density at radius 3 is 2.38 bits per heavy atom. The highest BCUT2D eigenvalue weighted by atomic mass is 16.5. The van der Waals surface area contributed by atoms with Gasteiger partial charge in [0.15, 0.2) is 0 Å². The van der Waals surface area contributed by atoms with Crippen LogP contribution >= 0.6 is 0 Å². The topological polar surface area (TPSA) is 29.5 Å². The average Bonchev–Trinajstić information content (AvgIpc) is 1.87. The molecule has 8 heavy (non-hydrogen) atoms. The van der Waals surface area contributed by atoms with Crippen LogP contribution in [-0.4, -0.2) is 24.4 Å². The van der Waals surface area contributed by atoms with Gasteiger partial charge in [0.05, 0.1) is 6.61 Å². The first-order valence-corrected chi connectivity index (χ1v) is 2.32. The van der Waals surface area contributed by atoms with Gasteiger partial charge in [0.25, 0.3) is 0 Å². The highest BCUT2D eigenvalue weighted by Gasteiger charge is 2.17. The molecule has 0 saturated heterocycles. The van der Waals surface area contributed by atoms with Crippen LogP contribution in [0.1, 0.15) is 6.92 Å². The molecule has 0 bridgehead atoms. The summed E-state index contributed by atoms with van der Waals surface area (Å²) in [6.45, 7) is 1.51. The second-order valence-electron chi connectivity index (χ2n) is 1.74. The lowest BCUT2D eigenvalue weighted by atomic mass is 10.1. The van der Waals surface area contributed by atoms with Gasteiger partial charge in [0.1, 0.15) is 5.60 Å². The van der Waals surface area contributed by atoms with Gasteiger partial charge in [-0.15, -0.1) is 6.42 Å². The predicted molar refractivity (Wildman–Crippen MR) is 31.3 cm³/mol. The van der Waals surface area contributed by atoms with E-state index in [1.807, 2.05) is 0 Å². The van der Waals surface area contributed by atoms with E-state index in [1.54, 1.807) is 6.92 Å². The SMILES string of the molecule is C#CC(C)(CO)OC. The maximum Gasteiger partial charge on any atom is 0.148 e. The van der Waals surface area contributed by atoms with E-state index in [-0.39, 0.29) is 6.61 Å². The smallest absolute Gasteiger partial charge is 0.148 e. The van der Waals surface area contributed by atoms with Crippen LogP contribution in [0.15, 0.2) is 0 Å². The van der Waals surface area contributed by atoms with Crippen LogP contribution in [0.3, 0.4) is 0 Å². The molecule has 0 aliphatic rings. The fraction of sp³-hybridized carbons (Fsp3) is 0.667. The summed E-state index contributed by atoms with van der Waals surface area (Å²) >= 11 is 0. The zero-order valence-corrected chi connectivity index (χ0v) is 5.14. The van der Waals surface area contributed by atoms with Crippen LogP contribution < -0.4 is 0 Å². The number of rotatable bonds is 2. The molecule has 0 aromatic rings. The van der Waals surface area contributed by atoms with E-state index >= 15 is 0 Å². The average molecular weight is 114 g/mol. The minimum Gasteiger partial charge on any atom is -0.392 e. The Kier molecular flexibility index (Phi) is 2.53. The molecule has 0 saturated carbocycles. The summed E-state index contributed by atoms with van der Waals surface area (Å²) in [7, 11) is 1.47. The van der Waals surface area contributed by atoms with E-state index in [2.05, 4.69) is 5.92 Å². The summed E-state index contributed by atoms with van der Waals surface area (Å²) < 4.78 is 4.75. The molecule has 0 aromatic carbocycles. The van der Waals surface area contributed by atoms with Crippen molar-refractivity contribution in [2.75, 3.05) is 13.7 Å². The van der Waals surface area contributed by atoms with Gasteiger partial charge in [0, 0.05) is 7.11 Å². The van der Waals surface area contributed by atoms with Crippen molar-refractivity contribution in [3.63, 3.8) is 0 Å². The third kappa shape index (κ3) is 1.53. The number of aliphatic hydroxyl groups excluding tert-OH is 1. The Morgan fingerprint density at radius 1 is 1.88 bits per heavy atom. The van der Waals surface area contributed by atoms with Gasteiger partial charge >= 0.3 is 0 Å². The molecule has 0 rings (SSSR count). The van der Waals surface area contributed by atoms with Crippen LogP contribution in [0.4, 0.5) is 0 Å². The summed E-state index contributed by atoms with van der Waals surface area (Å²) in [6, 6.07) is 0. The second kappa shape index (κ2) is 2.71. The van der Waals surface area contributed by atoms with Gasteiger partial charge in [-0.25, -0.2) is 0 Å². The normalized spacial score (nSPS) is 16.8. The highest BCUT2D eigenvalue weighted by Crippen LogP contribution is 2.03. The van der Waals surface area contributed by atoms with E-state index in [0.29, 0.717) is 0 Å². The molecular weight excluding hydrogens is 104 g/mol. The van der Waals surface area contributed by atoms with Crippen LogP contribution in [0.25, 0.3) is 0 Å². The maximum absolute atomic E-state index is 8.52. The molecule has 1 N–H and O–H groups in total. The largest absolute Gasteiger partial charge is 0.392 e. The summed E-state index contributed by atoms with van der Waals surface area (Å²) in [5, 5.41) is 8.52. The zero-order valence-electron chi connectivity index (χ0n) is 5.14. The molecule has 1 unspecified atom stereocenters. The van der Waals surface area contributed by atoms with Crippen molar-refractivity contribution in [3.05, 3.63) is 0 Å². The Hall–Kier alpha value is -0.520. The highest BCUT2D eigenvalue weighted by molar-refractivity contribution is 5.05. The zero-order chi connectivity index (χ0) is 6.62. The number of hydrogen-bond donors (Lipinski definition) is 1. The lowest BCUT2D eigenvalue weighted by Gasteiger charge is -2.17. The molecule has 0 spiro atoms. The second-order valence-corrected chi connectivity index (χ2v) is 1.74. The van der Waals surface area contributed by atoms with Crippen LogP contribution in [0, 0.1) is 12.3 Å². The van der Waals surface area contributed by atoms with Crippen molar-refractivity contribution >= 4 is 0 Å². The Morgan fingerprint density at radius 2 is 2.38 bits per heavy atom. The standard InChI is InChI=1S/C6H10O2/c1-4-6(2,5-7)8-3/h1,7H,5H2,2-3H3. The minimum atomic E-state index is -0.792. The quantitative estimate of drug-likeness (QED) is 0.513. The van der Waals surface area contributed by atoms with Gasteiger partial charge in [0.2, 0.25) is 0 Å². The van der Waals surface area contributed by atoms with Crippen molar-refractivity contribution in [3.8, 4) is 12.3 Å². The number of methoxy groups -OCH3 is 1. The Bertz CT molecular complexity index is 97.6. The molecule has 2 heteroatoms. The fourth-order valence-corrected chi connectivity index (χ4v) is 0.169. The van der Waals surface area contributed by atoms with Crippen molar-refractivity contribution in [2.24, 2.45) is 0 Å². The molecule has 0 amide bonds. The summed E-state index contributed by atoms with van der Waals surface area (Å²) in [6.07, 6.45) is 4.99. The minimum absolute atomic E-state index is 0.139. The van der Waals surface area contributed by atoms with E-state index < -0.39 is 5.60 Å². The van der Waals surface area contributed by atoms with E-state index in [1.165, 1.54) is 7.11 Å². The molecule has 46 valence electrons. The summed E-state index contributed by atoms with van der Waals surface area (Å²) in [4.78, 5) is 0. The number of hydrogen-bond acceptors (Lipinski definition) is 2. The van der Waals surface area contributed by atoms with Crippen molar-refractivity contribution in [2.45, 2.75) is 12.5 Å². The number of aliphatic hydroxyl groups is 1. The van der Waals surface area contributed by atoms with Gasteiger partial charge < -0.3 is 9.84 Å². The molecule has 0 heterocycles. The van der Waals surface area contributed by atoms with Gasteiger partial charge in [-0.1, -0.05) is 5.92 Å².